The summed E-state index contributed by atoms with van der Waals surface area (Å²) in [5.41, 5.74) is 0.800. The second-order valence-electron chi connectivity index (χ2n) is 8.26. The zero-order valence-electron chi connectivity index (χ0n) is 19.3. The number of hydrogen-bond donors (Lipinski definition) is 0. The first kappa shape index (κ1) is 22.6. The summed E-state index contributed by atoms with van der Waals surface area (Å²) in [6.07, 6.45) is 3.82. The lowest BCUT2D eigenvalue weighted by Gasteiger charge is -2.22. The van der Waals surface area contributed by atoms with E-state index in [2.05, 4.69) is 9.97 Å². The normalized spacial score (nSPS) is 18.1. The molecule has 10 heteroatoms. The Bertz CT molecular complexity index is 983. The van der Waals surface area contributed by atoms with Crippen LogP contribution in [0.15, 0.2) is 36.7 Å². The van der Waals surface area contributed by atoms with Gasteiger partial charge in [-0.2, -0.15) is 4.98 Å². The van der Waals surface area contributed by atoms with Crippen molar-refractivity contribution in [2.24, 2.45) is 0 Å². The Morgan fingerprint density at radius 1 is 1.15 bits per heavy atom. The summed E-state index contributed by atoms with van der Waals surface area (Å²) in [6, 6.07) is 7.27. The van der Waals surface area contributed by atoms with Crippen LogP contribution in [0, 0.1) is 0 Å². The molecular formula is C23H30N6O4. The Morgan fingerprint density at radius 2 is 1.94 bits per heavy atom. The Labute approximate surface area is 193 Å². The summed E-state index contributed by atoms with van der Waals surface area (Å²) in [6.45, 7) is 4.71. The van der Waals surface area contributed by atoms with Gasteiger partial charge in [0.05, 0.1) is 25.5 Å². The first-order chi connectivity index (χ1) is 15.9. The van der Waals surface area contributed by atoms with Crippen molar-refractivity contribution in [1.82, 2.24) is 19.8 Å². The van der Waals surface area contributed by atoms with Crippen LogP contribution < -0.4 is 19.3 Å². The van der Waals surface area contributed by atoms with E-state index in [9.17, 15) is 9.59 Å². The highest BCUT2D eigenvalue weighted by Gasteiger charge is 2.34. The van der Waals surface area contributed by atoms with E-state index in [1.165, 1.54) is 0 Å². The van der Waals surface area contributed by atoms with Crippen molar-refractivity contribution in [1.29, 1.82) is 0 Å². The lowest BCUT2D eigenvalue weighted by molar-refractivity contribution is -0.130. The molecule has 0 N–H and O–H groups in total. The Kier molecular flexibility index (Phi) is 6.81. The van der Waals surface area contributed by atoms with Crippen molar-refractivity contribution in [3.05, 3.63) is 36.7 Å². The van der Waals surface area contributed by atoms with E-state index >= 15 is 0 Å². The van der Waals surface area contributed by atoms with Gasteiger partial charge in [0.15, 0.2) is 5.82 Å². The number of benzene rings is 1. The van der Waals surface area contributed by atoms with E-state index in [0.717, 1.165) is 11.4 Å². The second kappa shape index (κ2) is 9.93. The monoisotopic (exact) mass is 454 g/mol. The van der Waals surface area contributed by atoms with Crippen LogP contribution in [0.2, 0.25) is 0 Å². The number of anilines is 2. The van der Waals surface area contributed by atoms with E-state index in [4.69, 9.17) is 9.47 Å². The fourth-order valence-electron chi connectivity index (χ4n) is 3.95. The van der Waals surface area contributed by atoms with E-state index in [1.54, 1.807) is 27.1 Å². The standard InChI is InChI=1S/C23H30N6O4/c1-4-32-18-7-5-17(6-8-18)29-12-11-28(23(29)31)16-22(30)27-10-9-19(15-27)33-21-14-24-13-20(25-21)26(2)3/h5-8,13-14,19H,4,9-12,15-16H2,1-3H3. The van der Waals surface area contributed by atoms with Gasteiger partial charge in [-0.05, 0) is 31.2 Å². The lowest BCUT2D eigenvalue weighted by Crippen LogP contribution is -2.42. The largest absolute Gasteiger partial charge is 0.494 e. The third-order valence-electron chi connectivity index (χ3n) is 5.72. The quantitative estimate of drug-likeness (QED) is 0.601. The Hall–Kier alpha value is -3.56. The fourth-order valence-corrected chi connectivity index (χ4v) is 3.95. The van der Waals surface area contributed by atoms with Gasteiger partial charge in [0, 0.05) is 45.8 Å². The van der Waals surface area contributed by atoms with Crippen LogP contribution in [0.25, 0.3) is 0 Å². The number of carbonyl (C=O) groups is 2. The molecular weight excluding hydrogens is 424 g/mol. The van der Waals surface area contributed by atoms with Crippen LogP contribution in [-0.4, -0.2) is 91.2 Å². The van der Waals surface area contributed by atoms with E-state index in [-0.39, 0.29) is 24.6 Å². The minimum atomic E-state index is -0.157. The zero-order chi connectivity index (χ0) is 23.4. The molecule has 2 fully saturated rings. The van der Waals surface area contributed by atoms with E-state index in [0.29, 0.717) is 50.9 Å². The number of carbonyl (C=O) groups excluding carboxylic acids is 2. The minimum absolute atomic E-state index is 0.0645. The third kappa shape index (κ3) is 5.27. The molecule has 1 aromatic heterocycles. The summed E-state index contributed by atoms with van der Waals surface area (Å²) in [5, 5.41) is 0. The third-order valence-corrected chi connectivity index (χ3v) is 5.72. The van der Waals surface area contributed by atoms with Crippen LogP contribution in [0.3, 0.4) is 0 Å². The molecule has 0 radical (unpaired) electrons. The van der Waals surface area contributed by atoms with Crippen molar-refractivity contribution in [2.45, 2.75) is 19.4 Å². The number of urea groups is 1. The number of likely N-dealkylation sites (tertiary alicyclic amines) is 1. The molecule has 1 atom stereocenters. The van der Waals surface area contributed by atoms with Gasteiger partial charge in [0.1, 0.15) is 18.4 Å². The fraction of sp³-hybridized carbons (Fsp3) is 0.478. The molecule has 0 aliphatic carbocycles. The maximum Gasteiger partial charge on any atom is 0.325 e. The molecule has 176 valence electrons. The van der Waals surface area contributed by atoms with Crippen molar-refractivity contribution in [2.75, 3.05) is 63.2 Å². The smallest absolute Gasteiger partial charge is 0.325 e. The average Bonchev–Trinajstić information content (AvgIpc) is 3.42. The van der Waals surface area contributed by atoms with Gasteiger partial charge in [-0.25, -0.2) is 4.79 Å². The summed E-state index contributed by atoms with van der Waals surface area (Å²) < 4.78 is 11.4. The SMILES string of the molecule is CCOc1ccc(N2CCN(CC(=O)N3CCC(Oc4cncc(N(C)C)n4)C3)C2=O)cc1. The van der Waals surface area contributed by atoms with Gasteiger partial charge in [-0.15, -0.1) is 0 Å². The van der Waals surface area contributed by atoms with Crippen LogP contribution in [-0.2, 0) is 4.79 Å². The van der Waals surface area contributed by atoms with Crippen molar-refractivity contribution in [3.8, 4) is 11.6 Å². The molecule has 2 saturated heterocycles. The summed E-state index contributed by atoms with van der Waals surface area (Å²) in [5.74, 6) is 1.85. The van der Waals surface area contributed by atoms with Crippen molar-refractivity contribution < 1.29 is 19.1 Å². The van der Waals surface area contributed by atoms with Crippen LogP contribution in [0.5, 0.6) is 11.6 Å². The molecule has 0 saturated carbocycles. The first-order valence-electron chi connectivity index (χ1n) is 11.2. The van der Waals surface area contributed by atoms with Gasteiger partial charge >= 0.3 is 6.03 Å². The number of nitrogens with zero attached hydrogens (tertiary/aromatic N) is 6. The van der Waals surface area contributed by atoms with Crippen LogP contribution in [0.1, 0.15) is 13.3 Å². The molecule has 3 heterocycles. The molecule has 4 rings (SSSR count). The highest BCUT2D eigenvalue weighted by molar-refractivity contribution is 5.96. The zero-order valence-corrected chi connectivity index (χ0v) is 19.3. The minimum Gasteiger partial charge on any atom is -0.494 e. The topological polar surface area (TPSA) is 91.3 Å². The molecule has 2 aromatic rings. The maximum absolute atomic E-state index is 12.9. The number of hydrogen-bond acceptors (Lipinski definition) is 7. The second-order valence-corrected chi connectivity index (χ2v) is 8.26. The molecule has 2 aliphatic heterocycles. The number of rotatable bonds is 8. The number of aromatic nitrogens is 2. The molecule has 0 bridgehead atoms. The maximum atomic E-state index is 12.9. The molecule has 1 unspecified atom stereocenters. The van der Waals surface area contributed by atoms with Gasteiger partial charge in [0.25, 0.3) is 0 Å². The van der Waals surface area contributed by atoms with Gasteiger partial charge in [-0.1, -0.05) is 0 Å². The molecule has 33 heavy (non-hydrogen) atoms. The highest BCUT2D eigenvalue weighted by Crippen LogP contribution is 2.24. The molecule has 3 amide bonds. The van der Waals surface area contributed by atoms with Gasteiger partial charge in [-0.3, -0.25) is 14.7 Å². The predicted molar refractivity (Wildman–Crippen MR) is 124 cm³/mol. The van der Waals surface area contributed by atoms with Crippen LogP contribution in [0.4, 0.5) is 16.3 Å². The molecule has 0 spiro atoms. The van der Waals surface area contributed by atoms with E-state index < -0.39 is 0 Å². The Balaban J connectivity index is 1.29. The predicted octanol–water partition coefficient (Wildman–Crippen LogP) is 1.86. The molecule has 10 nitrogen and oxygen atoms in total. The number of ether oxygens (including phenoxy) is 2. The van der Waals surface area contributed by atoms with Crippen LogP contribution >= 0.6 is 0 Å². The summed E-state index contributed by atoms with van der Waals surface area (Å²) >= 11 is 0. The van der Waals surface area contributed by atoms with Crippen molar-refractivity contribution >= 4 is 23.4 Å². The highest BCUT2D eigenvalue weighted by atomic mass is 16.5. The summed E-state index contributed by atoms with van der Waals surface area (Å²) in [7, 11) is 3.78. The number of amides is 3. The van der Waals surface area contributed by atoms with Gasteiger partial charge < -0.3 is 24.2 Å². The van der Waals surface area contributed by atoms with E-state index in [1.807, 2.05) is 50.2 Å². The Morgan fingerprint density at radius 3 is 2.67 bits per heavy atom. The molecule has 1 aromatic carbocycles. The van der Waals surface area contributed by atoms with Gasteiger partial charge in [0.2, 0.25) is 11.8 Å². The average molecular weight is 455 g/mol. The summed E-state index contributed by atoms with van der Waals surface area (Å²) in [4.78, 5) is 41.2. The molecule has 2 aliphatic rings. The van der Waals surface area contributed by atoms with Crippen molar-refractivity contribution in [3.63, 3.8) is 0 Å². The first-order valence-corrected chi connectivity index (χ1v) is 11.2. The lowest BCUT2D eigenvalue weighted by atomic mass is 10.3.